The van der Waals surface area contributed by atoms with E-state index in [4.69, 9.17) is 0 Å². The van der Waals surface area contributed by atoms with Crippen LogP contribution in [-0.2, 0) is 19.5 Å². The summed E-state index contributed by atoms with van der Waals surface area (Å²) < 4.78 is 0. The number of phenolic OH excluding ortho intramolecular Hbond substituents is 1. The summed E-state index contributed by atoms with van der Waals surface area (Å²) in [4.78, 5) is 2.40. The van der Waals surface area contributed by atoms with Crippen LogP contribution in [0.15, 0.2) is 42.5 Å². The topological polar surface area (TPSA) is 23.5 Å². The molecule has 3 rings (SSSR count). The molecule has 0 fully saturated rings. The van der Waals surface area contributed by atoms with Crippen molar-refractivity contribution in [3.05, 3.63) is 64.7 Å². The van der Waals surface area contributed by atoms with Crippen molar-refractivity contribution < 1.29 is 5.11 Å². The highest BCUT2D eigenvalue weighted by Gasteiger charge is 2.18. The van der Waals surface area contributed by atoms with Crippen molar-refractivity contribution in [2.45, 2.75) is 40.3 Å². The second-order valence-electron chi connectivity index (χ2n) is 5.30. The molecule has 1 aliphatic rings. The molecule has 0 radical (unpaired) electrons. The molecule has 0 spiro atoms. The van der Waals surface area contributed by atoms with Gasteiger partial charge in [-0.1, -0.05) is 50.2 Å². The Morgan fingerprint density at radius 2 is 1.81 bits per heavy atom. The Hall–Kier alpha value is -1.80. The van der Waals surface area contributed by atoms with E-state index in [0.29, 0.717) is 5.75 Å². The minimum Gasteiger partial charge on any atom is -0.508 e. The summed E-state index contributed by atoms with van der Waals surface area (Å²) in [7, 11) is 0. The molecular weight excluding hydrogens is 258 g/mol. The van der Waals surface area contributed by atoms with Crippen LogP contribution in [-0.4, -0.2) is 16.6 Å². The lowest BCUT2D eigenvalue weighted by Gasteiger charge is -2.29. The Kier molecular flexibility index (Phi) is 5.40. The Labute approximate surface area is 128 Å². The van der Waals surface area contributed by atoms with Gasteiger partial charge in [-0.25, -0.2) is 0 Å². The zero-order valence-electron chi connectivity index (χ0n) is 13.3. The van der Waals surface area contributed by atoms with Crippen LogP contribution in [0.1, 0.15) is 36.1 Å². The van der Waals surface area contributed by atoms with Crippen molar-refractivity contribution in [2.75, 3.05) is 6.54 Å². The van der Waals surface area contributed by atoms with E-state index in [0.717, 1.165) is 31.6 Å². The third-order valence-corrected chi connectivity index (χ3v) is 3.96. The molecule has 0 unspecified atom stereocenters. The molecule has 1 N–H and O–H groups in total. The van der Waals surface area contributed by atoms with Gasteiger partial charge in [0.05, 0.1) is 0 Å². The summed E-state index contributed by atoms with van der Waals surface area (Å²) in [5.41, 5.74) is 5.36. The molecule has 1 heterocycles. The lowest BCUT2D eigenvalue weighted by atomic mass is 9.95. The molecule has 21 heavy (non-hydrogen) atoms. The Bertz CT molecular complexity index is 592. The van der Waals surface area contributed by atoms with E-state index in [9.17, 15) is 5.11 Å². The lowest BCUT2D eigenvalue weighted by molar-refractivity contribution is 0.242. The van der Waals surface area contributed by atoms with Crippen LogP contribution in [0.2, 0.25) is 0 Å². The van der Waals surface area contributed by atoms with E-state index in [1.54, 1.807) is 6.07 Å². The molecule has 0 saturated carbocycles. The average molecular weight is 283 g/mol. The fourth-order valence-corrected chi connectivity index (χ4v) is 2.88. The van der Waals surface area contributed by atoms with Gasteiger partial charge in [0.25, 0.3) is 0 Å². The number of benzene rings is 2. The van der Waals surface area contributed by atoms with Crippen molar-refractivity contribution >= 4 is 0 Å². The normalized spacial score (nSPS) is 14.0. The minimum absolute atomic E-state index is 0.400. The summed E-state index contributed by atoms with van der Waals surface area (Å²) in [5.74, 6) is 0.400. The third kappa shape index (κ3) is 3.64. The van der Waals surface area contributed by atoms with E-state index < -0.39 is 0 Å². The van der Waals surface area contributed by atoms with Crippen molar-refractivity contribution in [2.24, 2.45) is 0 Å². The summed E-state index contributed by atoms with van der Waals surface area (Å²) in [6, 6.07) is 14.2. The zero-order chi connectivity index (χ0) is 15.2. The molecule has 0 aromatic heterocycles. The van der Waals surface area contributed by atoms with Crippen LogP contribution in [0, 0.1) is 6.92 Å². The fourth-order valence-electron chi connectivity index (χ4n) is 2.88. The van der Waals surface area contributed by atoms with Gasteiger partial charge in [-0.3, -0.25) is 4.90 Å². The first kappa shape index (κ1) is 15.6. The number of para-hydroxylation sites is 1. The molecule has 0 bridgehead atoms. The van der Waals surface area contributed by atoms with E-state index in [2.05, 4.69) is 30.0 Å². The number of rotatable bonds is 2. The third-order valence-electron chi connectivity index (χ3n) is 3.96. The standard InChI is InChI=1S/C17H19NO.C2H6/c1-13-5-4-7-14-11-18(10-9-16(13)14)12-15-6-2-3-8-17(15)19;1-2/h2-8,19H,9-12H2,1H3;1-2H3. The molecule has 112 valence electrons. The van der Waals surface area contributed by atoms with Crippen molar-refractivity contribution in [3.63, 3.8) is 0 Å². The molecule has 2 aromatic carbocycles. The molecule has 2 heteroatoms. The molecular formula is C19H25NO. The number of phenols is 1. The van der Waals surface area contributed by atoms with Gasteiger partial charge in [0.1, 0.15) is 5.75 Å². The quantitative estimate of drug-likeness (QED) is 0.889. The van der Waals surface area contributed by atoms with Crippen molar-refractivity contribution in [1.29, 1.82) is 0 Å². The number of aromatic hydroxyl groups is 1. The van der Waals surface area contributed by atoms with Crippen LogP contribution < -0.4 is 0 Å². The fraction of sp³-hybridized carbons (Fsp3) is 0.368. The van der Waals surface area contributed by atoms with Crippen LogP contribution in [0.5, 0.6) is 5.75 Å². The zero-order valence-corrected chi connectivity index (χ0v) is 13.3. The first-order valence-corrected chi connectivity index (χ1v) is 7.80. The minimum atomic E-state index is 0.400. The van der Waals surface area contributed by atoms with E-state index in [-0.39, 0.29) is 0 Å². The largest absolute Gasteiger partial charge is 0.508 e. The maximum atomic E-state index is 9.85. The number of fused-ring (bicyclic) bond motifs is 1. The first-order valence-electron chi connectivity index (χ1n) is 7.80. The van der Waals surface area contributed by atoms with Gasteiger partial charge in [0.15, 0.2) is 0 Å². The van der Waals surface area contributed by atoms with Crippen LogP contribution in [0.3, 0.4) is 0 Å². The summed E-state index contributed by atoms with van der Waals surface area (Å²) >= 11 is 0. The van der Waals surface area contributed by atoms with Gasteiger partial charge in [-0.05, 0) is 36.1 Å². The smallest absolute Gasteiger partial charge is 0.120 e. The molecule has 1 aliphatic heterocycles. The predicted octanol–water partition coefficient (Wildman–Crippen LogP) is 4.29. The predicted molar refractivity (Wildman–Crippen MR) is 88.5 cm³/mol. The molecule has 2 aromatic rings. The SMILES string of the molecule is CC.Cc1cccc2c1CCN(Cc1ccccc1O)C2. The van der Waals surface area contributed by atoms with Gasteiger partial charge in [0, 0.05) is 25.2 Å². The summed E-state index contributed by atoms with van der Waals surface area (Å²) in [6.45, 7) is 9.05. The maximum Gasteiger partial charge on any atom is 0.120 e. The lowest BCUT2D eigenvalue weighted by Crippen LogP contribution is -2.30. The maximum absolute atomic E-state index is 9.85. The number of hydrogen-bond donors (Lipinski definition) is 1. The molecule has 2 nitrogen and oxygen atoms in total. The van der Waals surface area contributed by atoms with Crippen LogP contribution in [0.25, 0.3) is 0 Å². The molecule has 0 amide bonds. The summed E-state index contributed by atoms with van der Waals surface area (Å²) in [5, 5.41) is 9.85. The van der Waals surface area contributed by atoms with Gasteiger partial charge in [-0.15, -0.1) is 0 Å². The van der Waals surface area contributed by atoms with Gasteiger partial charge < -0.3 is 5.11 Å². The number of hydrogen-bond acceptors (Lipinski definition) is 2. The average Bonchev–Trinajstić information content (AvgIpc) is 2.52. The summed E-state index contributed by atoms with van der Waals surface area (Å²) in [6.07, 6.45) is 1.11. The second-order valence-corrected chi connectivity index (χ2v) is 5.30. The molecule has 0 saturated heterocycles. The van der Waals surface area contributed by atoms with Gasteiger partial charge >= 0.3 is 0 Å². The first-order chi connectivity index (χ1) is 10.2. The van der Waals surface area contributed by atoms with E-state index >= 15 is 0 Å². The van der Waals surface area contributed by atoms with Gasteiger partial charge in [-0.2, -0.15) is 0 Å². The van der Waals surface area contributed by atoms with Crippen molar-refractivity contribution in [1.82, 2.24) is 4.90 Å². The van der Waals surface area contributed by atoms with Crippen molar-refractivity contribution in [3.8, 4) is 5.75 Å². The number of nitrogens with zero attached hydrogens (tertiary/aromatic N) is 1. The number of aryl methyl sites for hydroxylation is 1. The Morgan fingerprint density at radius 3 is 2.57 bits per heavy atom. The van der Waals surface area contributed by atoms with Gasteiger partial charge in [0.2, 0.25) is 0 Å². The van der Waals surface area contributed by atoms with Crippen LogP contribution in [0.4, 0.5) is 0 Å². The second kappa shape index (κ2) is 7.28. The Morgan fingerprint density at radius 1 is 1.05 bits per heavy atom. The van der Waals surface area contributed by atoms with Crippen LogP contribution >= 0.6 is 0 Å². The highest BCUT2D eigenvalue weighted by atomic mass is 16.3. The highest BCUT2D eigenvalue weighted by molar-refractivity contribution is 5.37. The van der Waals surface area contributed by atoms with E-state index in [1.165, 1.54) is 16.7 Å². The highest BCUT2D eigenvalue weighted by Crippen LogP contribution is 2.25. The monoisotopic (exact) mass is 283 g/mol. The molecule has 0 aliphatic carbocycles. The molecule has 0 atom stereocenters. The Balaban J connectivity index is 0.000000774. The van der Waals surface area contributed by atoms with E-state index in [1.807, 2.05) is 32.0 Å².